The Kier molecular flexibility index (Phi) is 13.9. The maximum Gasteiger partial charge on any atom is 0.309 e. The van der Waals surface area contributed by atoms with Crippen molar-refractivity contribution in [1.29, 1.82) is 0 Å². The van der Waals surface area contributed by atoms with Gasteiger partial charge in [0.2, 0.25) is 12.0 Å². The van der Waals surface area contributed by atoms with Gasteiger partial charge in [0.1, 0.15) is 0 Å². The first kappa shape index (κ1) is 26.2. The second-order valence-corrected chi connectivity index (χ2v) is 6.67. The normalized spacial score (nSPS) is 14.3. The first-order chi connectivity index (χ1) is 14.5. The van der Waals surface area contributed by atoms with Gasteiger partial charge in [-0.2, -0.15) is 0 Å². The van der Waals surface area contributed by atoms with Gasteiger partial charge in [0.15, 0.2) is 11.6 Å². The van der Waals surface area contributed by atoms with Crippen LogP contribution in [0.3, 0.4) is 0 Å². The maximum atomic E-state index is 11.6. The third-order valence-electron chi connectivity index (χ3n) is 4.32. The zero-order valence-corrected chi connectivity index (χ0v) is 17.9. The number of carbonyl (C=O) groups is 4. The van der Waals surface area contributed by atoms with Crippen LogP contribution in [0, 0.1) is 0 Å². The third kappa shape index (κ3) is 11.3. The Hall–Kier alpha value is -1.88. The summed E-state index contributed by atoms with van der Waals surface area (Å²) in [6, 6.07) is 0. The van der Waals surface area contributed by atoms with Crippen LogP contribution in [0.5, 0.6) is 0 Å². The smallest absolute Gasteiger partial charge is 0.309 e. The molecule has 0 N–H and O–H groups in total. The Labute approximate surface area is 177 Å². The van der Waals surface area contributed by atoms with Crippen molar-refractivity contribution in [1.82, 2.24) is 4.90 Å². The number of ketones is 2. The number of amides is 1. The van der Waals surface area contributed by atoms with Gasteiger partial charge in [-0.15, -0.1) is 0 Å². The molecular formula is C20H33NO9. The molecule has 1 rings (SSSR count). The number of carbonyl (C=O) groups excluding carboxylic acids is 4. The number of esters is 1. The van der Waals surface area contributed by atoms with E-state index in [0.29, 0.717) is 59.2 Å². The highest BCUT2D eigenvalue weighted by Crippen LogP contribution is 2.14. The Balaban J connectivity index is 1.82. The summed E-state index contributed by atoms with van der Waals surface area (Å²) in [4.78, 5) is 47.4. The van der Waals surface area contributed by atoms with Crippen molar-refractivity contribution in [3.05, 3.63) is 0 Å². The lowest BCUT2D eigenvalue weighted by molar-refractivity contribution is -0.158. The van der Waals surface area contributed by atoms with Gasteiger partial charge >= 0.3 is 5.97 Å². The zero-order valence-electron chi connectivity index (χ0n) is 17.9. The van der Waals surface area contributed by atoms with Gasteiger partial charge in [0.25, 0.3) is 0 Å². The van der Waals surface area contributed by atoms with E-state index in [1.165, 1.54) is 0 Å². The predicted molar refractivity (Wildman–Crippen MR) is 105 cm³/mol. The molecule has 0 unspecified atom stereocenters. The van der Waals surface area contributed by atoms with E-state index in [1.807, 2.05) is 6.92 Å². The average Bonchev–Trinajstić information content (AvgIpc) is 3.05. The van der Waals surface area contributed by atoms with Gasteiger partial charge < -0.3 is 28.6 Å². The summed E-state index contributed by atoms with van der Waals surface area (Å²) < 4.78 is 26.2. The molecule has 0 aromatic heterocycles. The van der Waals surface area contributed by atoms with E-state index < -0.39 is 12.1 Å². The van der Waals surface area contributed by atoms with E-state index in [0.717, 1.165) is 0 Å². The predicted octanol–water partition coefficient (Wildman–Crippen LogP) is 0.155. The highest BCUT2D eigenvalue weighted by molar-refractivity contribution is 6.12. The van der Waals surface area contributed by atoms with Gasteiger partial charge in [-0.3, -0.25) is 19.2 Å². The number of Topliss-reactive ketones (excluding diaryl/α,β-unsaturated/α-hetero) is 2. The highest BCUT2D eigenvalue weighted by Gasteiger charge is 2.35. The largest absolute Gasteiger partial charge is 0.446 e. The highest BCUT2D eigenvalue weighted by atomic mass is 16.6. The summed E-state index contributed by atoms with van der Waals surface area (Å²) >= 11 is 0. The summed E-state index contributed by atoms with van der Waals surface area (Å²) in [5, 5.41) is 0. The van der Waals surface area contributed by atoms with Crippen molar-refractivity contribution in [2.24, 2.45) is 0 Å². The molecule has 0 aromatic rings. The van der Waals surface area contributed by atoms with E-state index in [1.54, 1.807) is 11.9 Å². The van der Waals surface area contributed by atoms with Crippen LogP contribution in [-0.4, -0.2) is 101 Å². The summed E-state index contributed by atoms with van der Waals surface area (Å²) in [6.45, 7) is 5.37. The van der Waals surface area contributed by atoms with Gasteiger partial charge in [0, 0.05) is 32.9 Å². The number of hydrogen-bond acceptors (Lipinski definition) is 9. The molecule has 30 heavy (non-hydrogen) atoms. The maximum absolute atomic E-state index is 11.6. The molecule has 0 spiro atoms. The molecule has 0 bridgehead atoms. The number of rotatable bonds is 17. The first-order valence-corrected chi connectivity index (χ1v) is 10.3. The molecule has 0 saturated heterocycles. The molecule has 172 valence electrons. The summed E-state index contributed by atoms with van der Waals surface area (Å²) in [6.07, 6.45) is -0.483. The topological polar surface area (TPSA) is 118 Å². The van der Waals surface area contributed by atoms with Crippen molar-refractivity contribution in [2.75, 3.05) is 66.4 Å². The molecule has 1 amide bonds. The fourth-order valence-electron chi connectivity index (χ4n) is 2.52. The van der Waals surface area contributed by atoms with Crippen molar-refractivity contribution in [3.8, 4) is 0 Å². The van der Waals surface area contributed by atoms with Crippen LogP contribution in [0.25, 0.3) is 0 Å². The molecule has 1 saturated carbocycles. The van der Waals surface area contributed by atoms with Crippen LogP contribution in [0.15, 0.2) is 0 Å². The number of likely N-dealkylation sites (N-methyl/N-ethyl adjacent to an activating group) is 1. The van der Waals surface area contributed by atoms with Crippen molar-refractivity contribution < 1.29 is 42.9 Å². The molecule has 1 fully saturated rings. The number of hydrogen-bond donors (Lipinski definition) is 0. The molecule has 10 nitrogen and oxygen atoms in total. The Morgan fingerprint density at radius 2 is 1.30 bits per heavy atom. The monoisotopic (exact) mass is 431 g/mol. The standard InChI is InChI=1S/C20H33NO9/c1-3-18(24)21(2)7-9-27-11-13-29-15-14-28-12-10-26-8-6-19(25)30-20-16(22)4-5-17(20)23/h20H,3-15H2,1-2H3. The minimum atomic E-state index is -1.22. The number of nitrogens with zero attached hydrogens (tertiary/aromatic N) is 1. The van der Waals surface area contributed by atoms with Crippen molar-refractivity contribution >= 4 is 23.4 Å². The summed E-state index contributed by atoms with van der Waals surface area (Å²) in [7, 11) is 1.75. The van der Waals surface area contributed by atoms with Crippen molar-refractivity contribution in [2.45, 2.75) is 38.7 Å². The molecule has 0 aliphatic heterocycles. The van der Waals surface area contributed by atoms with Crippen LogP contribution >= 0.6 is 0 Å². The Bertz CT molecular complexity index is 536. The lowest BCUT2D eigenvalue weighted by atomic mass is 10.3. The fourth-order valence-corrected chi connectivity index (χ4v) is 2.52. The second kappa shape index (κ2) is 15.9. The van der Waals surface area contributed by atoms with Crippen LogP contribution < -0.4 is 0 Å². The molecule has 0 atom stereocenters. The second-order valence-electron chi connectivity index (χ2n) is 6.67. The minimum absolute atomic E-state index is 0.0252. The molecular weight excluding hydrogens is 398 g/mol. The van der Waals surface area contributed by atoms with E-state index >= 15 is 0 Å². The van der Waals surface area contributed by atoms with Crippen LogP contribution in [0.1, 0.15) is 32.6 Å². The Morgan fingerprint density at radius 1 is 0.833 bits per heavy atom. The van der Waals surface area contributed by atoms with Crippen LogP contribution in [0.2, 0.25) is 0 Å². The number of ether oxygens (including phenoxy) is 5. The van der Waals surface area contributed by atoms with Gasteiger partial charge in [-0.05, 0) is 0 Å². The van der Waals surface area contributed by atoms with E-state index in [9.17, 15) is 19.2 Å². The van der Waals surface area contributed by atoms with Gasteiger partial charge in [-0.1, -0.05) is 6.92 Å². The first-order valence-electron chi connectivity index (χ1n) is 10.3. The molecule has 1 aliphatic carbocycles. The minimum Gasteiger partial charge on any atom is -0.446 e. The van der Waals surface area contributed by atoms with Gasteiger partial charge in [-0.25, -0.2) is 0 Å². The van der Waals surface area contributed by atoms with E-state index in [4.69, 9.17) is 23.7 Å². The quantitative estimate of drug-likeness (QED) is 0.180. The summed E-state index contributed by atoms with van der Waals surface area (Å²) in [5.41, 5.74) is 0. The SMILES string of the molecule is CCC(=O)N(C)CCOCCOCCOCCOCCC(=O)OC1C(=O)CCC1=O. The molecule has 0 aromatic carbocycles. The molecule has 0 radical (unpaired) electrons. The molecule has 0 heterocycles. The fraction of sp³-hybridized carbons (Fsp3) is 0.800. The average molecular weight is 431 g/mol. The lowest BCUT2D eigenvalue weighted by Crippen LogP contribution is -2.29. The third-order valence-corrected chi connectivity index (χ3v) is 4.32. The Morgan fingerprint density at radius 3 is 1.80 bits per heavy atom. The zero-order chi connectivity index (χ0) is 22.2. The lowest BCUT2D eigenvalue weighted by Gasteiger charge is -2.16. The van der Waals surface area contributed by atoms with Crippen molar-refractivity contribution in [3.63, 3.8) is 0 Å². The summed E-state index contributed by atoms with van der Waals surface area (Å²) in [5.74, 6) is -1.21. The van der Waals surface area contributed by atoms with E-state index in [2.05, 4.69) is 0 Å². The van der Waals surface area contributed by atoms with Crippen LogP contribution in [0.4, 0.5) is 0 Å². The molecule has 1 aliphatic rings. The van der Waals surface area contributed by atoms with Crippen LogP contribution in [-0.2, 0) is 42.9 Å². The van der Waals surface area contributed by atoms with E-state index in [-0.39, 0.29) is 43.3 Å². The van der Waals surface area contributed by atoms with Gasteiger partial charge in [0.05, 0.1) is 59.3 Å². The molecule has 10 heteroatoms.